The highest BCUT2D eigenvalue weighted by atomic mass is 32.2. The Morgan fingerprint density at radius 1 is 1.50 bits per heavy atom. The first-order valence-corrected chi connectivity index (χ1v) is 7.32. The summed E-state index contributed by atoms with van der Waals surface area (Å²) in [6.45, 7) is 2.34. The Labute approximate surface area is 121 Å². The number of ether oxygens (including phenoxy) is 1. The summed E-state index contributed by atoms with van der Waals surface area (Å²) in [5, 5.41) is 0. The molecule has 1 aromatic rings. The molecule has 1 aliphatic rings. The predicted molar refractivity (Wildman–Crippen MR) is 76.2 cm³/mol. The van der Waals surface area contributed by atoms with Crippen LogP contribution in [-0.2, 0) is 14.3 Å². The molecule has 0 bridgehead atoms. The Hall–Kier alpha value is -1.82. The highest BCUT2D eigenvalue weighted by Crippen LogP contribution is 2.35. The summed E-state index contributed by atoms with van der Waals surface area (Å²) in [7, 11) is 0. The molecule has 0 saturated heterocycles. The number of hydrogen-bond donors (Lipinski definition) is 0. The van der Waals surface area contributed by atoms with Gasteiger partial charge in [0.25, 0.3) is 0 Å². The highest BCUT2D eigenvalue weighted by Gasteiger charge is 2.25. The first-order chi connectivity index (χ1) is 9.65. The van der Waals surface area contributed by atoms with Gasteiger partial charge in [0.2, 0.25) is 5.91 Å². The van der Waals surface area contributed by atoms with Crippen LogP contribution in [0.2, 0.25) is 0 Å². The molecule has 2 rings (SSSR count). The van der Waals surface area contributed by atoms with Gasteiger partial charge in [0.15, 0.2) is 0 Å². The van der Waals surface area contributed by atoms with E-state index in [0.29, 0.717) is 23.6 Å². The molecule has 1 amide bonds. The summed E-state index contributed by atoms with van der Waals surface area (Å²) in [6.07, 6.45) is 0.891. The van der Waals surface area contributed by atoms with E-state index in [-0.39, 0.29) is 24.8 Å². The van der Waals surface area contributed by atoms with Crippen LogP contribution < -0.4 is 4.90 Å². The SMILES string of the molecule is CCOC(=O)CCN1C(=O)CSc2ccc(C=O)cc21. The second-order valence-corrected chi connectivity index (χ2v) is 5.25. The minimum atomic E-state index is -0.327. The van der Waals surface area contributed by atoms with E-state index in [1.807, 2.05) is 6.07 Å². The number of esters is 1. The maximum Gasteiger partial charge on any atom is 0.307 e. The third-order valence-corrected chi connectivity index (χ3v) is 3.95. The van der Waals surface area contributed by atoms with Crippen LogP contribution in [0, 0.1) is 0 Å². The van der Waals surface area contributed by atoms with Gasteiger partial charge in [-0.05, 0) is 19.1 Å². The van der Waals surface area contributed by atoms with E-state index in [0.717, 1.165) is 11.2 Å². The maximum absolute atomic E-state index is 12.0. The van der Waals surface area contributed by atoms with Gasteiger partial charge in [0, 0.05) is 17.0 Å². The number of carbonyl (C=O) groups excluding carboxylic acids is 3. The number of rotatable bonds is 5. The van der Waals surface area contributed by atoms with Crippen molar-refractivity contribution in [2.75, 3.05) is 23.8 Å². The van der Waals surface area contributed by atoms with Crippen molar-refractivity contribution in [3.63, 3.8) is 0 Å². The smallest absolute Gasteiger partial charge is 0.307 e. The van der Waals surface area contributed by atoms with Gasteiger partial charge in [0.05, 0.1) is 24.5 Å². The van der Waals surface area contributed by atoms with Crippen molar-refractivity contribution in [3.05, 3.63) is 23.8 Å². The van der Waals surface area contributed by atoms with Crippen LogP contribution in [0.25, 0.3) is 0 Å². The fraction of sp³-hybridized carbons (Fsp3) is 0.357. The Balaban J connectivity index is 2.18. The summed E-state index contributed by atoms with van der Waals surface area (Å²) in [5.41, 5.74) is 1.21. The van der Waals surface area contributed by atoms with E-state index in [9.17, 15) is 14.4 Å². The number of carbonyl (C=O) groups is 3. The molecule has 0 atom stereocenters. The molecule has 0 spiro atoms. The molecule has 0 unspecified atom stereocenters. The van der Waals surface area contributed by atoms with E-state index in [4.69, 9.17) is 4.74 Å². The van der Waals surface area contributed by atoms with E-state index in [2.05, 4.69) is 0 Å². The highest BCUT2D eigenvalue weighted by molar-refractivity contribution is 8.00. The van der Waals surface area contributed by atoms with Crippen LogP contribution in [0.3, 0.4) is 0 Å². The molecule has 0 aromatic heterocycles. The average Bonchev–Trinajstić information content (AvgIpc) is 2.46. The Morgan fingerprint density at radius 2 is 2.30 bits per heavy atom. The molecule has 0 aliphatic carbocycles. The second-order valence-electron chi connectivity index (χ2n) is 4.23. The summed E-state index contributed by atoms with van der Waals surface area (Å²) in [5.74, 6) is -0.0440. The predicted octanol–water partition coefficient (Wildman–Crippen LogP) is 1.89. The second kappa shape index (κ2) is 6.56. The number of thioether (sulfide) groups is 1. The molecule has 5 nitrogen and oxygen atoms in total. The van der Waals surface area contributed by atoms with Gasteiger partial charge in [-0.2, -0.15) is 0 Å². The van der Waals surface area contributed by atoms with Crippen LogP contribution in [-0.4, -0.2) is 37.1 Å². The molecule has 20 heavy (non-hydrogen) atoms. The number of aldehydes is 1. The Morgan fingerprint density at radius 3 is 3.00 bits per heavy atom. The van der Waals surface area contributed by atoms with Crippen LogP contribution >= 0.6 is 11.8 Å². The third kappa shape index (κ3) is 3.19. The monoisotopic (exact) mass is 293 g/mol. The summed E-state index contributed by atoms with van der Waals surface area (Å²) >= 11 is 1.44. The van der Waals surface area contributed by atoms with E-state index in [1.54, 1.807) is 24.0 Å². The van der Waals surface area contributed by atoms with Gasteiger partial charge in [-0.3, -0.25) is 14.4 Å². The molecule has 1 aliphatic heterocycles. The lowest BCUT2D eigenvalue weighted by Crippen LogP contribution is -2.37. The third-order valence-electron chi connectivity index (χ3n) is 2.91. The quantitative estimate of drug-likeness (QED) is 0.613. The molecule has 0 saturated carbocycles. The van der Waals surface area contributed by atoms with Gasteiger partial charge in [0.1, 0.15) is 6.29 Å². The molecule has 0 N–H and O–H groups in total. The number of hydrogen-bond acceptors (Lipinski definition) is 5. The summed E-state index contributed by atoms with van der Waals surface area (Å²) in [6, 6.07) is 5.23. The van der Waals surface area contributed by atoms with Crippen LogP contribution in [0.15, 0.2) is 23.1 Å². The number of fused-ring (bicyclic) bond motifs is 1. The minimum absolute atomic E-state index is 0.0603. The maximum atomic E-state index is 12.0. The Kier molecular flexibility index (Phi) is 4.79. The van der Waals surface area contributed by atoms with Gasteiger partial charge in [-0.15, -0.1) is 11.8 Å². The average molecular weight is 293 g/mol. The Bertz CT molecular complexity index is 544. The summed E-state index contributed by atoms with van der Waals surface area (Å²) in [4.78, 5) is 36.7. The van der Waals surface area contributed by atoms with Crippen LogP contribution in [0.5, 0.6) is 0 Å². The molecule has 1 aromatic carbocycles. The lowest BCUT2D eigenvalue weighted by atomic mass is 10.2. The lowest BCUT2D eigenvalue weighted by Gasteiger charge is -2.28. The molecule has 106 valence electrons. The van der Waals surface area contributed by atoms with E-state index >= 15 is 0 Å². The molecular weight excluding hydrogens is 278 g/mol. The van der Waals surface area contributed by atoms with Gasteiger partial charge < -0.3 is 9.64 Å². The molecule has 6 heteroatoms. The molecule has 0 radical (unpaired) electrons. The van der Waals surface area contributed by atoms with Crippen molar-refractivity contribution >= 4 is 35.6 Å². The zero-order chi connectivity index (χ0) is 14.5. The van der Waals surface area contributed by atoms with Crippen molar-refractivity contribution in [1.29, 1.82) is 0 Å². The van der Waals surface area contributed by atoms with E-state index < -0.39 is 0 Å². The van der Waals surface area contributed by atoms with Crippen molar-refractivity contribution in [1.82, 2.24) is 0 Å². The van der Waals surface area contributed by atoms with Gasteiger partial charge in [-0.25, -0.2) is 0 Å². The fourth-order valence-corrected chi connectivity index (χ4v) is 2.89. The zero-order valence-electron chi connectivity index (χ0n) is 11.1. The first-order valence-electron chi connectivity index (χ1n) is 6.33. The summed E-state index contributed by atoms with van der Waals surface area (Å²) < 4.78 is 4.86. The number of anilines is 1. The fourth-order valence-electron chi connectivity index (χ4n) is 1.97. The standard InChI is InChI=1S/C14H15NO4S/c1-2-19-14(18)5-6-15-11-7-10(8-16)3-4-12(11)20-9-13(15)17/h3-4,7-8H,2,5-6,9H2,1H3. The first kappa shape index (κ1) is 14.6. The number of benzene rings is 1. The van der Waals surface area contributed by atoms with Crippen molar-refractivity contribution in [2.45, 2.75) is 18.2 Å². The van der Waals surface area contributed by atoms with Crippen LogP contribution in [0.4, 0.5) is 5.69 Å². The zero-order valence-corrected chi connectivity index (χ0v) is 11.9. The molecule has 1 heterocycles. The molecule has 0 fully saturated rings. The van der Waals surface area contributed by atoms with Crippen molar-refractivity contribution < 1.29 is 19.1 Å². The topological polar surface area (TPSA) is 63.7 Å². The lowest BCUT2D eigenvalue weighted by molar-refractivity contribution is -0.142. The molecular formula is C14H15NO4S. The van der Waals surface area contributed by atoms with Gasteiger partial charge in [-0.1, -0.05) is 6.07 Å². The number of amides is 1. The van der Waals surface area contributed by atoms with E-state index in [1.165, 1.54) is 11.8 Å². The number of nitrogens with zero attached hydrogens (tertiary/aromatic N) is 1. The largest absolute Gasteiger partial charge is 0.466 e. The van der Waals surface area contributed by atoms with Crippen molar-refractivity contribution in [3.8, 4) is 0 Å². The van der Waals surface area contributed by atoms with Crippen molar-refractivity contribution in [2.24, 2.45) is 0 Å². The van der Waals surface area contributed by atoms with Gasteiger partial charge >= 0.3 is 5.97 Å². The minimum Gasteiger partial charge on any atom is -0.466 e. The normalized spacial score (nSPS) is 13.8. The van der Waals surface area contributed by atoms with Crippen LogP contribution in [0.1, 0.15) is 23.7 Å².